The molecule has 0 aromatic heterocycles. The van der Waals surface area contributed by atoms with Crippen LogP contribution in [-0.4, -0.2) is 15.3 Å². The largest absolute Gasteiger partial charge is 0.385 e. The lowest BCUT2D eigenvalue weighted by Crippen LogP contribution is -2.13. The summed E-state index contributed by atoms with van der Waals surface area (Å²) in [5.74, 6) is 0. The van der Waals surface area contributed by atoms with Crippen LogP contribution in [0, 0.1) is 0 Å². The van der Waals surface area contributed by atoms with E-state index in [4.69, 9.17) is 4.55 Å². The lowest BCUT2D eigenvalue weighted by atomic mass is 10.0. The Hall–Kier alpha value is -0.870. The van der Waals surface area contributed by atoms with Gasteiger partial charge in [-0.25, -0.2) is 4.21 Å². The minimum Gasteiger partial charge on any atom is -0.385 e. The van der Waals surface area contributed by atoms with Crippen molar-refractivity contribution in [1.82, 2.24) is 0 Å². The first kappa shape index (κ1) is 8.72. The van der Waals surface area contributed by atoms with Crippen molar-refractivity contribution in [3.05, 3.63) is 23.8 Å². The maximum Gasteiger partial charge on any atom is 0.186 e. The highest BCUT2D eigenvalue weighted by atomic mass is 32.2. The molecule has 0 aliphatic carbocycles. The van der Waals surface area contributed by atoms with Crippen LogP contribution in [0.3, 0.4) is 0 Å². The van der Waals surface area contributed by atoms with Gasteiger partial charge in [0.05, 0.1) is 4.90 Å². The molecule has 2 N–H and O–H groups in total. The van der Waals surface area contributed by atoms with Crippen LogP contribution in [0.25, 0.3) is 0 Å². The van der Waals surface area contributed by atoms with E-state index in [9.17, 15) is 4.21 Å². The number of hydrogen-bond acceptors (Lipinski definition) is 2. The third kappa shape index (κ3) is 1.59. The van der Waals surface area contributed by atoms with E-state index < -0.39 is 11.1 Å². The van der Waals surface area contributed by atoms with Crippen LogP contribution in [-0.2, 0) is 17.5 Å². The molecule has 13 heavy (non-hydrogen) atoms. The number of rotatable bonds is 1. The third-order valence-electron chi connectivity index (χ3n) is 2.24. The normalized spacial score (nSPS) is 17.3. The van der Waals surface area contributed by atoms with Crippen LogP contribution in [0.5, 0.6) is 0 Å². The molecule has 0 fully saturated rings. The zero-order valence-corrected chi connectivity index (χ0v) is 7.93. The number of fused-ring (bicyclic) bond motifs is 1. The molecule has 0 spiro atoms. The predicted molar refractivity (Wildman–Crippen MR) is 52.3 cm³/mol. The highest BCUT2D eigenvalue weighted by Crippen LogP contribution is 2.26. The van der Waals surface area contributed by atoms with Crippen LogP contribution >= 0.6 is 0 Å². The van der Waals surface area contributed by atoms with Crippen molar-refractivity contribution in [3.8, 4) is 0 Å². The molecule has 0 amide bonds. The van der Waals surface area contributed by atoms with E-state index in [0.717, 1.165) is 30.6 Å². The number of nitrogens with one attached hydrogen (secondary N) is 1. The smallest absolute Gasteiger partial charge is 0.186 e. The Bertz CT molecular complexity index is 351. The van der Waals surface area contributed by atoms with Gasteiger partial charge in [0, 0.05) is 12.2 Å². The molecule has 0 saturated heterocycles. The Morgan fingerprint density at radius 1 is 1.46 bits per heavy atom. The van der Waals surface area contributed by atoms with Crippen LogP contribution in [0.15, 0.2) is 23.1 Å². The molecule has 0 radical (unpaired) electrons. The molecule has 1 aliphatic heterocycles. The van der Waals surface area contributed by atoms with Crippen molar-refractivity contribution in [1.29, 1.82) is 0 Å². The Morgan fingerprint density at radius 2 is 2.31 bits per heavy atom. The van der Waals surface area contributed by atoms with Gasteiger partial charge < -0.3 is 9.87 Å². The molecule has 4 heteroatoms. The van der Waals surface area contributed by atoms with Gasteiger partial charge in [-0.2, -0.15) is 0 Å². The second-order valence-corrected chi connectivity index (χ2v) is 4.00. The van der Waals surface area contributed by atoms with Crippen molar-refractivity contribution in [2.45, 2.75) is 17.7 Å². The lowest BCUT2D eigenvalue weighted by molar-refractivity contribution is 0.562. The van der Waals surface area contributed by atoms with Crippen molar-refractivity contribution < 1.29 is 8.76 Å². The first-order valence-corrected chi connectivity index (χ1v) is 5.36. The van der Waals surface area contributed by atoms with E-state index in [2.05, 4.69) is 5.32 Å². The lowest BCUT2D eigenvalue weighted by Gasteiger charge is -2.19. The first-order chi connectivity index (χ1) is 6.29. The van der Waals surface area contributed by atoms with Crippen molar-refractivity contribution in [2.24, 2.45) is 0 Å². The highest BCUT2D eigenvalue weighted by Gasteiger charge is 2.14. The topological polar surface area (TPSA) is 49.3 Å². The number of anilines is 1. The maximum atomic E-state index is 11.0. The summed E-state index contributed by atoms with van der Waals surface area (Å²) in [7, 11) is 0. The minimum absolute atomic E-state index is 0.546. The second kappa shape index (κ2) is 3.47. The summed E-state index contributed by atoms with van der Waals surface area (Å²) < 4.78 is 20.0. The number of hydrogen-bond donors (Lipinski definition) is 2. The fourth-order valence-electron chi connectivity index (χ4n) is 1.64. The molecular weight excluding hydrogens is 186 g/mol. The van der Waals surface area contributed by atoms with Gasteiger partial charge in [-0.1, -0.05) is 6.07 Å². The summed E-state index contributed by atoms with van der Waals surface area (Å²) in [6, 6.07) is 5.47. The summed E-state index contributed by atoms with van der Waals surface area (Å²) >= 11 is -1.86. The molecule has 1 unspecified atom stereocenters. The monoisotopic (exact) mass is 197 g/mol. The van der Waals surface area contributed by atoms with Crippen molar-refractivity contribution >= 4 is 16.8 Å². The summed E-state index contributed by atoms with van der Waals surface area (Å²) in [6.07, 6.45) is 1.92. The van der Waals surface area contributed by atoms with Gasteiger partial charge in [0.2, 0.25) is 0 Å². The molecule has 0 bridgehead atoms. The Kier molecular flexibility index (Phi) is 2.33. The summed E-state index contributed by atoms with van der Waals surface area (Å²) in [5, 5.41) is 3.21. The summed E-state index contributed by atoms with van der Waals surface area (Å²) in [4.78, 5) is 0.546. The average molecular weight is 197 g/mol. The van der Waals surface area contributed by atoms with E-state index in [-0.39, 0.29) is 0 Å². The fourth-order valence-corrected chi connectivity index (χ4v) is 2.26. The standard InChI is InChI=1S/C9H11NO2S/c11-13(12)9-5-1-4-8-7(9)3-2-6-10-8/h1,4-5,10H,2-3,6H2,(H,11,12). The molecule has 0 saturated carbocycles. The molecule has 2 rings (SSSR count). The van der Waals surface area contributed by atoms with Crippen molar-refractivity contribution in [3.63, 3.8) is 0 Å². The molecule has 1 aliphatic rings. The van der Waals surface area contributed by atoms with Crippen LogP contribution in [0.2, 0.25) is 0 Å². The van der Waals surface area contributed by atoms with E-state index in [1.807, 2.05) is 6.07 Å². The molecule has 3 nitrogen and oxygen atoms in total. The summed E-state index contributed by atoms with van der Waals surface area (Å²) in [6.45, 7) is 0.953. The van der Waals surface area contributed by atoms with E-state index in [0.29, 0.717) is 4.90 Å². The summed E-state index contributed by atoms with van der Waals surface area (Å²) in [5.41, 5.74) is 2.00. The predicted octanol–water partition coefficient (Wildman–Crippen LogP) is 1.63. The second-order valence-electron chi connectivity index (χ2n) is 3.06. The van der Waals surface area contributed by atoms with Crippen LogP contribution in [0.1, 0.15) is 12.0 Å². The Balaban J connectivity index is 2.52. The fraction of sp³-hybridized carbons (Fsp3) is 0.333. The van der Waals surface area contributed by atoms with Gasteiger partial charge in [0.25, 0.3) is 0 Å². The molecule has 70 valence electrons. The molecule has 1 heterocycles. The zero-order chi connectivity index (χ0) is 9.26. The molecule has 1 aromatic rings. The molecular formula is C9H11NO2S. The van der Waals surface area contributed by atoms with Crippen LogP contribution < -0.4 is 5.32 Å². The van der Waals surface area contributed by atoms with Gasteiger partial charge in [-0.05, 0) is 30.5 Å². The van der Waals surface area contributed by atoms with Gasteiger partial charge >= 0.3 is 0 Å². The molecule has 1 atom stereocenters. The highest BCUT2D eigenvalue weighted by molar-refractivity contribution is 7.79. The van der Waals surface area contributed by atoms with E-state index >= 15 is 0 Å². The average Bonchev–Trinajstić information content (AvgIpc) is 2.17. The van der Waals surface area contributed by atoms with Crippen LogP contribution in [0.4, 0.5) is 5.69 Å². The molecule has 1 aromatic carbocycles. The van der Waals surface area contributed by atoms with Gasteiger partial charge in [-0.15, -0.1) is 0 Å². The Labute approximate surface area is 79.4 Å². The van der Waals surface area contributed by atoms with Gasteiger partial charge in [-0.3, -0.25) is 0 Å². The van der Waals surface area contributed by atoms with Gasteiger partial charge in [0.15, 0.2) is 11.1 Å². The third-order valence-corrected chi connectivity index (χ3v) is 3.00. The zero-order valence-electron chi connectivity index (χ0n) is 7.12. The van der Waals surface area contributed by atoms with E-state index in [1.54, 1.807) is 12.1 Å². The van der Waals surface area contributed by atoms with Crippen molar-refractivity contribution in [2.75, 3.05) is 11.9 Å². The first-order valence-electron chi connectivity index (χ1n) is 4.25. The van der Waals surface area contributed by atoms with Gasteiger partial charge in [0.1, 0.15) is 0 Å². The minimum atomic E-state index is -1.86. The Morgan fingerprint density at radius 3 is 3.08 bits per heavy atom. The quantitative estimate of drug-likeness (QED) is 0.673. The SMILES string of the molecule is O=S(O)c1cccc2c1CCCN2. The maximum absolute atomic E-state index is 11.0. The van der Waals surface area contributed by atoms with E-state index in [1.165, 1.54) is 0 Å². The number of benzene rings is 1.